The van der Waals surface area contributed by atoms with Gasteiger partial charge in [0.2, 0.25) is 0 Å². The Balaban J connectivity index is 2.21. The zero-order valence-electron chi connectivity index (χ0n) is 11.9. The standard InChI is InChI=1S/C15H17NO4S/c1-19-12-6-3-5-11(9-12)10-20-13-7-4-8-14(15(13)16)21(2,17)18/h3-9H,10,16H2,1-2H3. The number of anilines is 1. The quantitative estimate of drug-likeness (QED) is 0.857. The first-order valence-corrected chi connectivity index (χ1v) is 8.15. The lowest BCUT2D eigenvalue weighted by molar-refractivity contribution is 0.306. The van der Waals surface area contributed by atoms with Crippen LogP contribution in [0.25, 0.3) is 0 Å². The predicted octanol–water partition coefficient (Wildman–Crippen LogP) is 2.26. The van der Waals surface area contributed by atoms with Crippen LogP contribution in [0.2, 0.25) is 0 Å². The van der Waals surface area contributed by atoms with Crippen LogP contribution in [0.3, 0.4) is 0 Å². The number of nitrogen functional groups attached to an aromatic ring is 1. The van der Waals surface area contributed by atoms with Gasteiger partial charge in [0.15, 0.2) is 9.84 Å². The number of benzene rings is 2. The highest BCUT2D eigenvalue weighted by Gasteiger charge is 2.14. The minimum atomic E-state index is -3.37. The zero-order chi connectivity index (χ0) is 15.5. The molecule has 2 aromatic carbocycles. The summed E-state index contributed by atoms with van der Waals surface area (Å²) in [5.74, 6) is 1.08. The molecular weight excluding hydrogens is 290 g/mol. The maximum Gasteiger partial charge on any atom is 0.177 e. The van der Waals surface area contributed by atoms with Crippen molar-refractivity contribution < 1.29 is 17.9 Å². The fraction of sp³-hybridized carbons (Fsp3) is 0.200. The van der Waals surface area contributed by atoms with Gasteiger partial charge in [-0.1, -0.05) is 18.2 Å². The molecule has 0 unspecified atom stereocenters. The summed E-state index contributed by atoms with van der Waals surface area (Å²) >= 11 is 0. The average molecular weight is 307 g/mol. The van der Waals surface area contributed by atoms with Crippen molar-refractivity contribution in [2.75, 3.05) is 19.1 Å². The lowest BCUT2D eigenvalue weighted by Crippen LogP contribution is -2.05. The number of nitrogens with two attached hydrogens (primary N) is 1. The van der Waals surface area contributed by atoms with E-state index in [1.165, 1.54) is 6.07 Å². The van der Waals surface area contributed by atoms with E-state index in [1.54, 1.807) is 19.2 Å². The van der Waals surface area contributed by atoms with Crippen LogP contribution >= 0.6 is 0 Å². The van der Waals surface area contributed by atoms with Crippen LogP contribution in [0.15, 0.2) is 47.4 Å². The summed E-state index contributed by atoms with van der Waals surface area (Å²) in [4.78, 5) is 0.0747. The fourth-order valence-corrected chi connectivity index (χ4v) is 2.72. The highest BCUT2D eigenvalue weighted by molar-refractivity contribution is 7.90. The summed E-state index contributed by atoms with van der Waals surface area (Å²) in [6.45, 7) is 0.272. The van der Waals surface area contributed by atoms with E-state index in [1.807, 2.05) is 24.3 Å². The second-order valence-electron chi connectivity index (χ2n) is 4.58. The molecule has 0 amide bonds. The van der Waals surface area contributed by atoms with Crippen LogP contribution in [0.1, 0.15) is 5.56 Å². The molecule has 0 fully saturated rings. The van der Waals surface area contributed by atoms with Crippen molar-refractivity contribution in [1.29, 1.82) is 0 Å². The molecule has 0 saturated carbocycles. The summed E-state index contributed by atoms with van der Waals surface area (Å²) in [7, 11) is -1.78. The van der Waals surface area contributed by atoms with Gasteiger partial charge in [0.1, 0.15) is 18.1 Å². The van der Waals surface area contributed by atoms with Crippen LogP contribution < -0.4 is 15.2 Å². The molecule has 5 nitrogen and oxygen atoms in total. The first-order valence-electron chi connectivity index (χ1n) is 6.26. The summed E-state index contributed by atoms with van der Waals surface area (Å²) in [6, 6.07) is 12.1. The van der Waals surface area contributed by atoms with E-state index in [-0.39, 0.29) is 17.2 Å². The third-order valence-electron chi connectivity index (χ3n) is 2.95. The maximum absolute atomic E-state index is 11.6. The van der Waals surface area contributed by atoms with Crippen LogP contribution in [0, 0.1) is 0 Å². The second-order valence-corrected chi connectivity index (χ2v) is 6.56. The third kappa shape index (κ3) is 3.66. The van der Waals surface area contributed by atoms with Gasteiger partial charge < -0.3 is 15.2 Å². The predicted molar refractivity (Wildman–Crippen MR) is 81.3 cm³/mol. The lowest BCUT2D eigenvalue weighted by Gasteiger charge is -2.12. The van der Waals surface area contributed by atoms with Crippen molar-refractivity contribution in [3.05, 3.63) is 48.0 Å². The Morgan fingerprint density at radius 2 is 1.86 bits per heavy atom. The number of ether oxygens (including phenoxy) is 2. The summed E-state index contributed by atoms with van der Waals surface area (Å²) in [5.41, 5.74) is 6.89. The Morgan fingerprint density at radius 1 is 1.14 bits per heavy atom. The minimum absolute atomic E-state index is 0.0747. The second kappa shape index (κ2) is 6.05. The highest BCUT2D eigenvalue weighted by Crippen LogP contribution is 2.29. The van der Waals surface area contributed by atoms with Crippen LogP contribution in [-0.4, -0.2) is 21.8 Å². The number of methoxy groups -OCH3 is 1. The Bertz CT molecular complexity index is 741. The number of hydrogen-bond acceptors (Lipinski definition) is 5. The Morgan fingerprint density at radius 3 is 2.52 bits per heavy atom. The molecule has 0 aliphatic carbocycles. The molecule has 112 valence electrons. The molecule has 0 aliphatic heterocycles. The molecule has 0 aliphatic rings. The highest BCUT2D eigenvalue weighted by atomic mass is 32.2. The van der Waals surface area contributed by atoms with E-state index < -0.39 is 9.84 Å². The normalized spacial score (nSPS) is 11.1. The fourth-order valence-electron chi connectivity index (χ4n) is 1.90. The monoisotopic (exact) mass is 307 g/mol. The van der Waals surface area contributed by atoms with Crippen molar-refractivity contribution >= 4 is 15.5 Å². The first kappa shape index (κ1) is 15.2. The summed E-state index contributed by atoms with van der Waals surface area (Å²) in [6.07, 6.45) is 1.12. The molecule has 6 heteroatoms. The van der Waals surface area contributed by atoms with Crippen molar-refractivity contribution in [1.82, 2.24) is 0 Å². The molecule has 0 spiro atoms. The molecule has 2 rings (SSSR count). The van der Waals surface area contributed by atoms with Crippen LogP contribution in [-0.2, 0) is 16.4 Å². The molecule has 0 atom stereocenters. The Labute approximate surface area is 124 Å². The molecule has 0 aromatic heterocycles. The van der Waals surface area contributed by atoms with Gasteiger partial charge in [-0.2, -0.15) is 0 Å². The van der Waals surface area contributed by atoms with Gasteiger partial charge in [0, 0.05) is 6.26 Å². The third-order valence-corrected chi connectivity index (χ3v) is 4.11. The molecule has 0 heterocycles. The summed E-state index contributed by atoms with van der Waals surface area (Å²) < 4.78 is 34.0. The van der Waals surface area contributed by atoms with Gasteiger partial charge in [-0.3, -0.25) is 0 Å². The smallest absolute Gasteiger partial charge is 0.177 e. The van der Waals surface area contributed by atoms with Crippen molar-refractivity contribution in [2.45, 2.75) is 11.5 Å². The molecule has 0 saturated heterocycles. The largest absolute Gasteiger partial charge is 0.497 e. The Hall–Kier alpha value is -2.21. The van der Waals surface area contributed by atoms with E-state index in [0.717, 1.165) is 17.6 Å². The number of rotatable bonds is 5. The minimum Gasteiger partial charge on any atom is -0.497 e. The SMILES string of the molecule is COc1cccc(COc2cccc(S(C)(=O)=O)c2N)c1. The topological polar surface area (TPSA) is 78.6 Å². The van der Waals surface area contributed by atoms with Gasteiger partial charge in [0.25, 0.3) is 0 Å². The number of hydrogen-bond donors (Lipinski definition) is 1. The van der Waals surface area contributed by atoms with Gasteiger partial charge >= 0.3 is 0 Å². The van der Waals surface area contributed by atoms with Crippen LogP contribution in [0.5, 0.6) is 11.5 Å². The van der Waals surface area contributed by atoms with E-state index in [9.17, 15) is 8.42 Å². The maximum atomic E-state index is 11.6. The van der Waals surface area contributed by atoms with E-state index in [4.69, 9.17) is 15.2 Å². The molecule has 0 radical (unpaired) electrons. The van der Waals surface area contributed by atoms with Crippen LogP contribution in [0.4, 0.5) is 5.69 Å². The zero-order valence-corrected chi connectivity index (χ0v) is 12.7. The van der Waals surface area contributed by atoms with E-state index >= 15 is 0 Å². The molecule has 21 heavy (non-hydrogen) atoms. The van der Waals surface area contributed by atoms with Gasteiger partial charge in [-0.05, 0) is 29.8 Å². The van der Waals surface area contributed by atoms with Crippen molar-refractivity contribution in [3.63, 3.8) is 0 Å². The van der Waals surface area contributed by atoms with Gasteiger partial charge in [0.05, 0.1) is 17.7 Å². The van der Waals surface area contributed by atoms with Crippen molar-refractivity contribution in [3.8, 4) is 11.5 Å². The lowest BCUT2D eigenvalue weighted by atomic mass is 10.2. The molecule has 0 bridgehead atoms. The molecule has 2 aromatic rings. The summed E-state index contributed by atoms with van der Waals surface area (Å²) in [5, 5.41) is 0. The van der Waals surface area contributed by atoms with E-state index in [0.29, 0.717) is 5.75 Å². The molecule has 2 N–H and O–H groups in total. The Kier molecular flexibility index (Phi) is 4.37. The van der Waals surface area contributed by atoms with E-state index in [2.05, 4.69) is 0 Å². The average Bonchev–Trinajstić information content (AvgIpc) is 2.45. The number of sulfone groups is 1. The van der Waals surface area contributed by atoms with Crippen molar-refractivity contribution in [2.24, 2.45) is 0 Å². The van der Waals surface area contributed by atoms with Gasteiger partial charge in [-0.15, -0.1) is 0 Å². The number of para-hydroxylation sites is 1. The molecular formula is C15H17NO4S. The first-order chi connectivity index (χ1) is 9.91. The van der Waals surface area contributed by atoms with Gasteiger partial charge in [-0.25, -0.2) is 8.42 Å².